The van der Waals surface area contributed by atoms with E-state index < -0.39 is 0 Å². The van der Waals surface area contributed by atoms with Crippen LogP contribution in [0.4, 0.5) is 0 Å². The maximum atomic E-state index is 11.3. The number of ether oxygens (including phenoxy) is 1. The summed E-state index contributed by atoms with van der Waals surface area (Å²) in [6.07, 6.45) is 3.96. The molecule has 0 heterocycles. The summed E-state index contributed by atoms with van der Waals surface area (Å²) in [4.78, 5) is 11.3. The van der Waals surface area contributed by atoms with Crippen LogP contribution in [0.25, 0.3) is 0 Å². The van der Waals surface area contributed by atoms with Gasteiger partial charge in [0, 0.05) is 6.42 Å². The molecule has 19 heavy (non-hydrogen) atoms. The molecule has 0 aliphatic carbocycles. The van der Waals surface area contributed by atoms with Gasteiger partial charge in [-0.25, -0.2) is 0 Å². The highest BCUT2D eigenvalue weighted by atomic mass is 16.5. The Morgan fingerprint density at radius 3 is 2.74 bits per heavy atom. The van der Waals surface area contributed by atoms with Crippen molar-refractivity contribution in [1.29, 1.82) is 5.26 Å². The van der Waals surface area contributed by atoms with Crippen molar-refractivity contribution >= 4 is 5.97 Å². The number of hydrogen-bond acceptors (Lipinski definition) is 3. The van der Waals surface area contributed by atoms with Gasteiger partial charge in [0.15, 0.2) is 0 Å². The van der Waals surface area contributed by atoms with Crippen LogP contribution in [0.5, 0.6) is 0 Å². The number of benzene rings is 1. The summed E-state index contributed by atoms with van der Waals surface area (Å²) < 4.78 is 4.91. The van der Waals surface area contributed by atoms with Crippen molar-refractivity contribution in [3.63, 3.8) is 0 Å². The minimum atomic E-state index is -0.143. The Morgan fingerprint density at radius 2 is 2.11 bits per heavy atom. The van der Waals surface area contributed by atoms with Crippen LogP contribution >= 0.6 is 0 Å². The van der Waals surface area contributed by atoms with Gasteiger partial charge >= 0.3 is 5.97 Å². The van der Waals surface area contributed by atoms with Crippen LogP contribution in [0.3, 0.4) is 0 Å². The van der Waals surface area contributed by atoms with Gasteiger partial charge in [-0.15, -0.1) is 0 Å². The minimum Gasteiger partial charge on any atom is -0.466 e. The van der Waals surface area contributed by atoms with Crippen molar-refractivity contribution in [3.05, 3.63) is 34.9 Å². The lowest BCUT2D eigenvalue weighted by atomic mass is 9.94. The molecule has 0 unspecified atom stereocenters. The molecule has 0 saturated heterocycles. The van der Waals surface area contributed by atoms with Gasteiger partial charge in [-0.1, -0.05) is 25.5 Å². The van der Waals surface area contributed by atoms with Crippen LogP contribution in [-0.4, -0.2) is 12.6 Å². The fourth-order valence-electron chi connectivity index (χ4n) is 2.18. The lowest BCUT2D eigenvalue weighted by Crippen LogP contribution is -2.05. The van der Waals surface area contributed by atoms with E-state index in [4.69, 9.17) is 10.00 Å². The van der Waals surface area contributed by atoms with E-state index >= 15 is 0 Å². The average Bonchev–Trinajstić information content (AvgIpc) is 2.41. The number of rotatable bonds is 7. The molecule has 0 aliphatic rings. The number of nitrogens with zero attached hydrogens (tertiary/aromatic N) is 1. The SMILES string of the molecule is CCCc1c(C#N)cccc1CCCC(=O)OCC. The highest BCUT2D eigenvalue weighted by Gasteiger charge is 2.08. The molecule has 0 radical (unpaired) electrons. The van der Waals surface area contributed by atoms with Gasteiger partial charge in [-0.3, -0.25) is 4.79 Å². The van der Waals surface area contributed by atoms with Crippen LogP contribution < -0.4 is 0 Å². The van der Waals surface area contributed by atoms with E-state index in [0.717, 1.165) is 36.8 Å². The van der Waals surface area contributed by atoms with Crippen molar-refractivity contribution < 1.29 is 9.53 Å². The van der Waals surface area contributed by atoms with Gasteiger partial charge in [0.1, 0.15) is 0 Å². The lowest BCUT2D eigenvalue weighted by molar-refractivity contribution is -0.143. The summed E-state index contributed by atoms with van der Waals surface area (Å²) >= 11 is 0. The Hall–Kier alpha value is -1.82. The van der Waals surface area contributed by atoms with Crippen LogP contribution in [0.2, 0.25) is 0 Å². The summed E-state index contributed by atoms with van der Waals surface area (Å²) in [6, 6.07) is 8.08. The molecule has 0 saturated carbocycles. The third-order valence-corrected chi connectivity index (χ3v) is 3.03. The smallest absolute Gasteiger partial charge is 0.305 e. The van der Waals surface area contributed by atoms with Crippen LogP contribution in [0.15, 0.2) is 18.2 Å². The number of carbonyl (C=O) groups excluding carboxylic acids is 1. The molecule has 0 amide bonds. The van der Waals surface area contributed by atoms with Crippen molar-refractivity contribution in [2.24, 2.45) is 0 Å². The first-order valence-corrected chi connectivity index (χ1v) is 6.89. The van der Waals surface area contributed by atoms with Gasteiger partial charge in [0.05, 0.1) is 18.2 Å². The van der Waals surface area contributed by atoms with Crippen LogP contribution in [0.1, 0.15) is 49.8 Å². The first kappa shape index (κ1) is 15.2. The van der Waals surface area contributed by atoms with Gasteiger partial charge in [0.2, 0.25) is 0 Å². The van der Waals surface area contributed by atoms with E-state index in [1.807, 2.05) is 19.1 Å². The number of nitriles is 1. The highest BCUT2D eigenvalue weighted by Crippen LogP contribution is 2.18. The molecular weight excluding hydrogens is 238 g/mol. The second-order valence-electron chi connectivity index (χ2n) is 4.46. The fourth-order valence-corrected chi connectivity index (χ4v) is 2.18. The maximum absolute atomic E-state index is 11.3. The quantitative estimate of drug-likeness (QED) is 0.705. The topological polar surface area (TPSA) is 50.1 Å². The van der Waals surface area contributed by atoms with E-state index in [1.54, 1.807) is 0 Å². The molecule has 0 N–H and O–H groups in total. The number of aryl methyl sites for hydroxylation is 1. The van der Waals surface area contributed by atoms with E-state index in [1.165, 1.54) is 5.56 Å². The molecule has 102 valence electrons. The predicted octanol–water partition coefficient (Wildman–Crippen LogP) is 3.40. The molecule has 1 rings (SSSR count). The monoisotopic (exact) mass is 259 g/mol. The van der Waals surface area contributed by atoms with Crippen molar-refractivity contribution in [1.82, 2.24) is 0 Å². The van der Waals surface area contributed by atoms with Gasteiger partial charge in [-0.2, -0.15) is 5.26 Å². The zero-order chi connectivity index (χ0) is 14.1. The third-order valence-electron chi connectivity index (χ3n) is 3.03. The maximum Gasteiger partial charge on any atom is 0.305 e. The van der Waals surface area contributed by atoms with Gasteiger partial charge in [0.25, 0.3) is 0 Å². The van der Waals surface area contributed by atoms with E-state index in [2.05, 4.69) is 19.1 Å². The zero-order valence-corrected chi connectivity index (χ0v) is 11.7. The van der Waals surface area contributed by atoms with E-state index in [0.29, 0.717) is 13.0 Å². The summed E-state index contributed by atoms with van der Waals surface area (Å²) in [6.45, 7) is 4.36. The standard InChI is InChI=1S/C16H21NO2/c1-3-7-15-13(8-5-10-14(15)12-17)9-6-11-16(18)19-4-2/h5,8,10H,3-4,6-7,9,11H2,1-2H3. The van der Waals surface area contributed by atoms with Crippen molar-refractivity contribution in [2.45, 2.75) is 46.0 Å². The summed E-state index contributed by atoms with van der Waals surface area (Å²) in [7, 11) is 0. The molecule has 0 spiro atoms. The Labute approximate surface area is 115 Å². The molecule has 1 aromatic carbocycles. The number of carbonyl (C=O) groups is 1. The Morgan fingerprint density at radius 1 is 1.32 bits per heavy atom. The van der Waals surface area contributed by atoms with Gasteiger partial charge < -0.3 is 4.74 Å². The van der Waals surface area contributed by atoms with Crippen LogP contribution in [0, 0.1) is 11.3 Å². The molecule has 1 aromatic rings. The second-order valence-corrected chi connectivity index (χ2v) is 4.46. The summed E-state index contributed by atoms with van der Waals surface area (Å²) in [5, 5.41) is 9.13. The molecule has 0 fully saturated rings. The normalized spacial score (nSPS) is 9.95. The molecule has 0 atom stereocenters. The molecule has 3 nitrogen and oxygen atoms in total. The Bertz CT molecular complexity index is 460. The molecular formula is C16H21NO2. The summed E-state index contributed by atoms with van der Waals surface area (Å²) in [5.74, 6) is -0.143. The summed E-state index contributed by atoms with van der Waals surface area (Å²) in [5.41, 5.74) is 3.08. The largest absolute Gasteiger partial charge is 0.466 e. The molecule has 3 heteroatoms. The first-order chi connectivity index (χ1) is 9.22. The lowest BCUT2D eigenvalue weighted by Gasteiger charge is -2.10. The fraction of sp³-hybridized carbons (Fsp3) is 0.500. The van der Waals surface area contributed by atoms with E-state index in [-0.39, 0.29) is 5.97 Å². The third kappa shape index (κ3) is 4.75. The van der Waals surface area contributed by atoms with Crippen LogP contribution in [-0.2, 0) is 22.4 Å². The minimum absolute atomic E-state index is 0.143. The average molecular weight is 259 g/mol. The zero-order valence-electron chi connectivity index (χ0n) is 11.7. The molecule has 0 bridgehead atoms. The van der Waals surface area contributed by atoms with E-state index in [9.17, 15) is 4.79 Å². The number of hydrogen-bond donors (Lipinski definition) is 0. The predicted molar refractivity (Wildman–Crippen MR) is 74.7 cm³/mol. The number of esters is 1. The van der Waals surface area contributed by atoms with Gasteiger partial charge in [-0.05, 0) is 43.4 Å². The molecule has 0 aliphatic heterocycles. The highest BCUT2D eigenvalue weighted by molar-refractivity contribution is 5.69. The first-order valence-electron chi connectivity index (χ1n) is 6.89. The Kier molecular flexibility index (Phi) is 6.67. The Balaban J connectivity index is 2.67. The van der Waals surface area contributed by atoms with Crippen molar-refractivity contribution in [2.75, 3.05) is 6.61 Å². The second kappa shape index (κ2) is 8.31. The van der Waals surface area contributed by atoms with Crippen molar-refractivity contribution in [3.8, 4) is 6.07 Å². The molecule has 0 aromatic heterocycles.